The van der Waals surface area contributed by atoms with Crippen LogP contribution in [0.3, 0.4) is 0 Å². The zero-order valence-electron chi connectivity index (χ0n) is 9.78. The van der Waals surface area contributed by atoms with Crippen LogP contribution in [0.4, 0.5) is 13.2 Å². The van der Waals surface area contributed by atoms with Crippen molar-refractivity contribution in [1.82, 2.24) is 4.98 Å². The molecule has 0 aliphatic carbocycles. The largest absolute Gasteiger partial charge is 0.416 e. The Bertz CT molecular complexity index is 673. The fraction of sp³-hybridized carbons (Fsp3) is 0.0769. The van der Waals surface area contributed by atoms with E-state index in [2.05, 4.69) is 17.6 Å². The number of rotatable bonds is 2. The van der Waals surface area contributed by atoms with Gasteiger partial charge in [-0.1, -0.05) is 23.7 Å². The minimum atomic E-state index is -4.48. The fourth-order valence-corrected chi connectivity index (χ4v) is 2.19. The van der Waals surface area contributed by atoms with Gasteiger partial charge in [0.2, 0.25) is 5.12 Å². The van der Waals surface area contributed by atoms with Crippen molar-refractivity contribution < 1.29 is 18.0 Å². The van der Waals surface area contributed by atoms with Crippen molar-refractivity contribution >= 4 is 29.3 Å². The standard InChI is InChI=1S/C13H7ClF3NOS/c14-11-10(9(12(19)20)4-5-18-11)7-2-1-3-8(6-7)13(15,16)17/h1-6H,(H,19,20). The van der Waals surface area contributed by atoms with Crippen LogP contribution < -0.4 is 0 Å². The number of alkyl halides is 3. The molecular weight excluding hydrogens is 311 g/mol. The molecule has 20 heavy (non-hydrogen) atoms. The summed E-state index contributed by atoms with van der Waals surface area (Å²) in [7, 11) is 0. The molecule has 0 fully saturated rings. The van der Waals surface area contributed by atoms with Gasteiger partial charge >= 0.3 is 6.18 Å². The molecular formula is C13H7ClF3NOS. The minimum absolute atomic E-state index is 0.0516. The van der Waals surface area contributed by atoms with Crippen LogP contribution in [0.5, 0.6) is 0 Å². The number of carbonyl (C=O) groups excluding carboxylic acids is 1. The Morgan fingerprint density at radius 3 is 2.55 bits per heavy atom. The second kappa shape index (κ2) is 5.46. The third kappa shape index (κ3) is 2.96. The van der Waals surface area contributed by atoms with E-state index in [1.54, 1.807) is 0 Å². The summed E-state index contributed by atoms with van der Waals surface area (Å²) in [5.41, 5.74) is -0.421. The highest BCUT2D eigenvalue weighted by molar-refractivity contribution is 7.97. The quantitative estimate of drug-likeness (QED) is 0.653. The van der Waals surface area contributed by atoms with Crippen molar-refractivity contribution in [3.8, 4) is 11.1 Å². The summed E-state index contributed by atoms with van der Waals surface area (Å²) in [4.78, 5) is 15.2. The zero-order valence-corrected chi connectivity index (χ0v) is 11.4. The average Bonchev–Trinajstić information content (AvgIpc) is 2.37. The van der Waals surface area contributed by atoms with E-state index in [1.165, 1.54) is 24.4 Å². The number of carbonyl (C=O) groups is 1. The van der Waals surface area contributed by atoms with E-state index in [1.807, 2.05) is 0 Å². The van der Waals surface area contributed by atoms with E-state index in [-0.39, 0.29) is 21.8 Å². The summed E-state index contributed by atoms with van der Waals surface area (Å²) in [6.07, 6.45) is -3.18. The molecule has 0 spiro atoms. The van der Waals surface area contributed by atoms with E-state index in [9.17, 15) is 18.0 Å². The first kappa shape index (κ1) is 14.9. The lowest BCUT2D eigenvalue weighted by atomic mass is 10.0. The summed E-state index contributed by atoms with van der Waals surface area (Å²) in [5, 5.41) is -0.647. The van der Waals surface area contributed by atoms with Gasteiger partial charge in [-0.3, -0.25) is 4.79 Å². The van der Waals surface area contributed by atoms with Crippen molar-refractivity contribution in [2.75, 3.05) is 0 Å². The molecule has 2 aromatic rings. The smallest absolute Gasteiger partial charge is 0.282 e. The normalized spacial score (nSPS) is 11.4. The van der Waals surface area contributed by atoms with E-state index >= 15 is 0 Å². The summed E-state index contributed by atoms with van der Waals surface area (Å²) >= 11 is 9.59. The summed E-state index contributed by atoms with van der Waals surface area (Å²) in [6.45, 7) is 0. The molecule has 1 heterocycles. The molecule has 7 heteroatoms. The molecule has 2 rings (SSSR count). The van der Waals surface area contributed by atoms with Gasteiger partial charge in [0, 0.05) is 17.3 Å². The maximum absolute atomic E-state index is 12.7. The Kier molecular flexibility index (Phi) is 4.06. The number of hydrogen-bond acceptors (Lipinski definition) is 2. The first-order chi connectivity index (χ1) is 9.30. The Labute approximate surface area is 123 Å². The Morgan fingerprint density at radius 1 is 1.25 bits per heavy atom. The molecule has 1 aromatic heterocycles. The summed E-state index contributed by atoms with van der Waals surface area (Å²) in [6, 6.07) is 5.89. The summed E-state index contributed by atoms with van der Waals surface area (Å²) in [5.74, 6) is 0. The lowest BCUT2D eigenvalue weighted by molar-refractivity contribution is -0.137. The highest BCUT2D eigenvalue weighted by Gasteiger charge is 2.30. The van der Waals surface area contributed by atoms with Gasteiger partial charge in [-0.15, -0.1) is 12.6 Å². The molecule has 0 saturated heterocycles. The molecule has 0 aliphatic heterocycles. The van der Waals surface area contributed by atoms with Gasteiger partial charge in [0.1, 0.15) is 5.15 Å². The van der Waals surface area contributed by atoms with Gasteiger partial charge in [0.05, 0.1) is 5.56 Å². The topological polar surface area (TPSA) is 30.0 Å². The minimum Gasteiger partial charge on any atom is -0.282 e. The lowest BCUT2D eigenvalue weighted by Crippen LogP contribution is -2.05. The molecule has 1 aromatic carbocycles. The molecule has 0 atom stereocenters. The number of halogens is 4. The van der Waals surface area contributed by atoms with Gasteiger partial charge < -0.3 is 0 Å². The molecule has 0 aliphatic rings. The van der Waals surface area contributed by atoms with Crippen LogP contribution in [0.1, 0.15) is 15.9 Å². The number of nitrogens with zero attached hydrogens (tertiary/aromatic N) is 1. The van der Waals surface area contributed by atoms with Gasteiger partial charge in [0.15, 0.2) is 0 Å². The third-order valence-corrected chi connectivity index (χ3v) is 3.14. The number of hydrogen-bond donors (Lipinski definition) is 1. The van der Waals surface area contributed by atoms with Crippen LogP contribution in [0.2, 0.25) is 5.15 Å². The SMILES string of the molecule is O=C(S)c1ccnc(Cl)c1-c1cccc(C(F)(F)F)c1. The Hall–Kier alpha value is -1.53. The van der Waals surface area contributed by atoms with Crippen LogP contribution in [0, 0.1) is 0 Å². The molecule has 2 nitrogen and oxygen atoms in total. The molecule has 0 bridgehead atoms. The molecule has 0 N–H and O–H groups in total. The molecule has 0 radical (unpaired) electrons. The monoisotopic (exact) mass is 317 g/mol. The third-order valence-electron chi connectivity index (χ3n) is 2.61. The lowest BCUT2D eigenvalue weighted by Gasteiger charge is -2.11. The van der Waals surface area contributed by atoms with Crippen LogP contribution in [-0.4, -0.2) is 10.1 Å². The van der Waals surface area contributed by atoms with Gasteiger partial charge in [-0.2, -0.15) is 13.2 Å². The van der Waals surface area contributed by atoms with Crippen LogP contribution in [0.25, 0.3) is 11.1 Å². The zero-order chi connectivity index (χ0) is 14.9. The number of benzene rings is 1. The van der Waals surface area contributed by atoms with Crippen LogP contribution >= 0.6 is 24.2 Å². The highest BCUT2D eigenvalue weighted by atomic mass is 35.5. The fourth-order valence-electron chi connectivity index (χ4n) is 1.74. The van der Waals surface area contributed by atoms with E-state index in [0.717, 1.165) is 12.1 Å². The second-order valence-electron chi connectivity index (χ2n) is 3.91. The van der Waals surface area contributed by atoms with Crippen molar-refractivity contribution in [1.29, 1.82) is 0 Å². The Morgan fingerprint density at radius 2 is 1.95 bits per heavy atom. The van der Waals surface area contributed by atoms with Gasteiger partial charge in [0.25, 0.3) is 0 Å². The van der Waals surface area contributed by atoms with Crippen LogP contribution in [-0.2, 0) is 6.18 Å². The predicted octanol–water partition coefficient (Wildman–Crippen LogP) is 4.49. The van der Waals surface area contributed by atoms with Crippen molar-refractivity contribution in [3.63, 3.8) is 0 Å². The van der Waals surface area contributed by atoms with Crippen molar-refractivity contribution in [2.24, 2.45) is 0 Å². The average molecular weight is 318 g/mol. The predicted molar refractivity (Wildman–Crippen MR) is 73.0 cm³/mol. The van der Waals surface area contributed by atoms with Gasteiger partial charge in [-0.05, 0) is 23.8 Å². The van der Waals surface area contributed by atoms with Crippen LogP contribution in [0.15, 0.2) is 36.5 Å². The number of aromatic nitrogens is 1. The number of thiol groups is 1. The van der Waals surface area contributed by atoms with E-state index in [4.69, 9.17) is 11.6 Å². The Balaban J connectivity index is 2.66. The van der Waals surface area contributed by atoms with Crippen molar-refractivity contribution in [2.45, 2.75) is 6.18 Å². The maximum Gasteiger partial charge on any atom is 0.416 e. The van der Waals surface area contributed by atoms with E-state index < -0.39 is 16.9 Å². The molecule has 0 amide bonds. The summed E-state index contributed by atoms with van der Waals surface area (Å²) < 4.78 is 38.1. The van der Waals surface area contributed by atoms with E-state index in [0.29, 0.717) is 0 Å². The first-order valence-electron chi connectivity index (χ1n) is 5.36. The maximum atomic E-state index is 12.7. The first-order valence-corrected chi connectivity index (χ1v) is 6.18. The molecule has 0 unspecified atom stereocenters. The van der Waals surface area contributed by atoms with Crippen molar-refractivity contribution in [3.05, 3.63) is 52.8 Å². The molecule has 0 saturated carbocycles. The number of pyridine rings is 1. The highest BCUT2D eigenvalue weighted by Crippen LogP contribution is 2.35. The molecule has 104 valence electrons. The second-order valence-corrected chi connectivity index (χ2v) is 4.67. The van der Waals surface area contributed by atoms with Gasteiger partial charge in [-0.25, -0.2) is 4.98 Å².